The Bertz CT molecular complexity index is 481. The van der Waals surface area contributed by atoms with Gasteiger partial charge in [-0.05, 0) is 44.9 Å². The summed E-state index contributed by atoms with van der Waals surface area (Å²) in [6.07, 6.45) is 11.6. The van der Waals surface area contributed by atoms with Crippen LogP contribution in [-0.2, 0) is 14.6 Å². The van der Waals surface area contributed by atoms with E-state index >= 15 is 0 Å². The van der Waals surface area contributed by atoms with E-state index in [4.69, 9.17) is 0 Å². The van der Waals surface area contributed by atoms with Gasteiger partial charge in [0.25, 0.3) is 0 Å². The summed E-state index contributed by atoms with van der Waals surface area (Å²) in [5, 5.41) is 2.74. The molecule has 1 fully saturated rings. The molecule has 2 rings (SSSR count). The Morgan fingerprint density at radius 3 is 2.75 bits per heavy atom. The average molecular weight is 299 g/mol. The summed E-state index contributed by atoms with van der Waals surface area (Å²) in [6.45, 7) is 0. The topological polar surface area (TPSA) is 63.2 Å². The Kier molecular flexibility index (Phi) is 5.24. The van der Waals surface area contributed by atoms with Gasteiger partial charge < -0.3 is 5.32 Å². The van der Waals surface area contributed by atoms with E-state index in [1.165, 1.54) is 24.7 Å². The van der Waals surface area contributed by atoms with E-state index in [2.05, 4.69) is 11.4 Å². The van der Waals surface area contributed by atoms with Gasteiger partial charge in [0.1, 0.15) is 9.84 Å². The quantitative estimate of drug-likeness (QED) is 0.811. The number of nitrogens with one attached hydrogen (secondary N) is 1. The first-order valence-electron chi connectivity index (χ1n) is 7.61. The first kappa shape index (κ1) is 15.5. The molecule has 1 N–H and O–H groups in total. The minimum Gasteiger partial charge on any atom is -0.353 e. The normalized spacial score (nSPS) is 27.8. The van der Waals surface area contributed by atoms with Gasteiger partial charge in [0.2, 0.25) is 5.91 Å². The van der Waals surface area contributed by atoms with Crippen molar-refractivity contribution >= 4 is 15.7 Å². The Balaban J connectivity index is 1.83. The van der Waals surface area contributed by atoms with Crippen LogP contribution in [0.25, 0.3) is 0 Å². The molecule has 0 aliphatic heterocycles. The zero-order valence-corrected chi connectivity index (χ0v) is 13.0. The predicted molar refractivity (Wildman–Crippen MR) is 80.2 cm³/mol. The second kappa shape index (κ2) is 6.74. The molecule has 0 radical (unpaired) electrons. The van der Waals surface area contributed by atoms with Crippen LogP contribution in [0.15, 0.2) is 11.6 Å². The molecular formula is C15H25NO3S. The number of carbonyl (C=O) groups is 1. The summed E-state index contributed by atoms with van der Waals surface area (Å²) in [7, 11) is -2.98. The van der Waals surface area contributed by atoms with Gasteiger partial charge in [-0.1, -0.05) is 18.1 Å². The Labute approximate surface area is 121 Å². The molecule has 0 bridgehead atoms. The molecule has 4 nitrogen and oxygen atoms in total. The molecule has 0 aromatic carbocycles. The number of sulfone groups is 1. The Morgan fingerprint density at radius 2 is 2.10 bits per heavy atom. The van der Waals surface area contributed by atoms with Crippen molar-refractivity contribution in [1.29, 1.82) is 0 Å². The molecule has 5 heteroatoms. The van der Waals surface area contributed by atoms with E-state index in [-0.39, 0.29) is 17.2 Å². The Morgan fingerprint density at radius 1 is 1.30 bits per heavy atom. The van der Waals surface area contributed by atoms with Gasteiger partial charge >= 0.3 is 0 Å². The highest BCUT2D eigenvalue weighted by molar-refractivity contribution is 7.91. The standard InChI is InChI=1S/C15H25NO3S/c1-20(18,19)14-9-5-8-13(11-14)16-15(17)10-12-6-3-2-4-7-12/h6,13-14H,2-5,7-11H2,1H3,(H,16,17)/t13-,14+/m0/s1. The summed E-state index contributed by atoms with van der Waals surface area (Å²) >= 11 is 0. The molecule has 114 valence electrons. The van der Waals surface area contributed by atoms with Gasteiger partial charge in [-0.2, -0.15) is 0 Å². The van der Waals surface area contributed by atoms with Crippen LogP contribution in [0.5, 0.6) is 0 Å². The number of amides is 1. The molecule has 0 spiro atoms. The number of rotatable bonds is 4. The largest absolute Gasteiger partial charge is 0.353 e. The Hall–Kier alpha value is -0.840. The van der Waals surface area contributed by atoms with Crippen LogP contribution in [0.4, 0.5) is 0 Å². The maximum atomic E-state index is 12.0. The van der Waals surface area contributed by atoms with Crippen molar-refractivity contribution in [3.8, 4) is 0 Å². The third kappa shape index (κ3) is 4.62. The van der Waals surface area contributed by atoms with Gasteiger partial charge in [-0.3, -0.25) is 4.79 Å². The van der Waals surface area contributed by atoms with Crippen LogP contribution >= 0.6 is 0 Å². The first-order chi connectivity index (χ1) is 9.45. The number of carbonyl (C=O) groups excluding carboxylic acids is 1. The third-order valence-corrected chi connectivity index (χ3v) is 6.01. The van der Waals surface area contributed by atoms with Crippen LogP contribution in [0.3, 0.4) is 0 Å². The molecule has 1 amide bonds. The maximum Gasteiger partial charge on any atom is 0.224 e. The van der Waals surface area contributed by atoms with E-state index < -0.39 is 9.84 Å². The molecule has 1 saturated carbocycles. The molecule has 0 heterocycles. The third-order valence-electron chi connectivity index (χ3n) is 4.37. The highest BCUT2D eigenvalue weighted by Gasteiger charge is 2.29. The number of hydrogen-bond acceptors (Lipinski definition) is 3. The molecule has 0 saturated heterocycles. The van der Waals surface area contributed by atoms with Gasteiger partial charge in [-0.15, -0.1) is 0 Å². The summed E-state index contributed by atoms with van der Waals surface area (Å²) in [5.41, 5.74) is 1.24. The minimum absolute atomic E-state index is 0.0279. The molecule has 0 aromatic heterocycles. The van der Waals surface area contributed by atoms with Crippen molar-refractivity contribution in [1.82, 2.24) is 5.32 Å². The van der Waals surface area contributed by atoms with Gasteiger partial charge in [0.15, 0.2) is 0 Å². The SMILES string of the molecule is CS(=O)(=O)[C@@H]1CCC[C@H](NC(=O)CC2=CCCCC2)C1. The van der Waals surface area contributed by atoms with Crippen LogP contribution < -0.4 is 5.32 Å². The van der Waals surface area contributed by atoms with Gasteiger partial charge in [0.05, 0.1) is 5.25 Å². The lowest BCUT2D eigenvalue weighted by molar-refractivity contribution is -0.121. The average Bonchev–Trinajstić information content (AvgIpc) is 2.39. The van der Waals surface area contributed by atoms with E-state index in [9.17, 15) is 13.2 Å². The van der Waals surface area contributed by atoms with Crippen molar-refractivity contribution in [3.05, 3.63) is 11.6 Å². The lowest BCUT2D eigenvalue weighted by atomic mass is 9.94. The lowest BCUT2D eigenvalue weighted by Crippen LogP contribution is -2.41. The van der Waals surface area contributed by atoms with Crippen molar-refractivity contribution in [2.24, 2.45) is 0 Å². The summed E-state index contributed by atoms with van der Waals surface area (Å²) in [6, 6.07) is 0.0279. The summed E-state index contributed by atoms with van der Waals surface area (Å²) in [5.74, 6) is 0.0531. The van der Waals surface area contributed by atoms with Gasteiger partial charge in [0, 0.05) is 18.7 Å². The van der Waals surface area contributed by atoms with Crippen molar-refractivity contribution in [2.45, 2.75) is 69.1 Å². The first-order valence-corrected chi connectivity index (χ1v) is 9.57. The van der Waals surface area contributed by atoms with E-state index in [0.29, 0.717) is 12.8 Å². The summed E-state index contributed by atoms with van der Waals surface area (Å²) in [4.78, 5) is 12.0. The zero-order chi connectivity index (χ0) is 14.6. The fourth-order valence-corrected chi connectivity index (χ4v) is 4.39. The predicted octanol–water partition coefficient (Wildman–Crippen LogP) is 2.35. The minimum atomic E-state index is -2.98. The van der Waals surface area contributed by atoms with Crippen molar-refractivity contribution in [2.75, 3.05) is 6.26 Å². The van der Waals surface area contributed by atoms with Crippen LogP contribution in [0, 0.1) is 0 Å². The molecule has 0 aromatic rings. The second-order valence-electron chi connectivity index (χ2n) is 6.17. The maximum absolute atomic E-state index is 12.0. The number of allylic oxidation sites excluding steroid dienone is 1. The van der Waals surface area contributed by atoms with Crippen LogP contribution in [-0.4, -0.2) is 31.9 Å². The van der Waals surface area contributed by atoms with Crippen molar-refractivity contribution in [3.63, 3.8) is 0 Å². The highest BCUT2D eigenvalue weighted by Crippen LogP contribution is 2.25. The van der Waals surface area contributed by atoms with E-state index in [1.54, 1.807) is 0 Å². The molecule has 0 unspecified atom stereocenters. The molecular weight excluding hydrogens is 274 g/mol. The number of hydrogen-bond donors (Lipinski definition) is 1. The summed E-state index contributed by atoms with van der Waals surface area (Å²) < 4.78 is 23.2. The fourth-order valence-electron chi connectivity index (χ4n) is 3.22. The van der Waals surface area contributed by atoms with Crippen LogP contribution in [0.2, 0.25) is 0 Å². The second-order valence-corrected chi connectivity index (χ2v) is 8.49. The molecule has 20 heavy (non-hydrogen) atoms. The molecule has 2 aliphatic rings. The van der Waals surface area contributed by atoms with Crippen LogP contribution in [0.1, 0.15) is 57.8 Å². The fraction of sp³-hybridized carbons (Fsp3) is 0.800. The van der Waals surface area contributed by atoms with Gasteiger partial charge in [-0.25, -0.2) is 8.42 Å². The van der Waals surface area contributed by atoms with E-state index in [1.807, 2.05) is 0 Å². The van der Waals surface area contributed by atoms with Crippen molar-refractivity contribution < 1.29 is 13.2 Å². The monoisotopic (exact) mass is 299 g/mol. The highest BCUT2D eigenvalue weighted by atomic mass is 32.2. The lowest BCUT2D eigenvalue weighted by Gasteiger charge is -2.28. The molecule has 2 atom stereocenters. The molecule has 2 aliphatic carbocycles. The zero-order valence-electron chi connectivity index (χ0n) is 12.2. The smallest absolute Gasteiger partial charge is 0.224 e. The van der Waals surface area contributed by atoms with E-state index in [0.717, 1.165) is 32.1 Å².